The SMILES string of the molecule is CCC(C)(C(=O)Nc1ccc(OC)cc1OC)N(Cc1nc(-c2ccc(Cl)cc2)cs1)C(=O)Cn1nnc2ccccc21. The summed E-state index contributed by atoms with van der Waals surface area (Å²) in [6, 6.07) is 19.9. The van der Waals surface area contributed by atoms with E-state index in [1.807, 2.05) is 48.7 Å². The van der Waals surface area contributed by atoms with Crippen molar-refractivity contribution in [1.29, 1.82) is 0 Å². The zero-order valence-corrected chi connectivity index (χ0v) is 25.8. The number of nitrogens with zero attached hydrogens (tertiary/aromatic N) is 5. The average molecular weight is 619 g/mol. The molecule has 0 radical (unpaired) electrons. The Bertz CT molecular complexity index is 1750. The molecule has 10 nitrogen and oxygen atoms in total. The number of aromatic nitrogens is 4. The molecule has 1 unspecified atom stereocenters. The lowest BCUT2D eigenvalue weighted by Gasteiger charge is -2.39. The molecular formula is C31H31ClN6O4S. The highest BCUT2D eigenvalue weighted by Crippen LogP contribution is 2.33. The number of halogens is 1. The molecule has 12 heteroatoms. The lowest BCUT2D eigenvalue weighted by molar-refractivity contribution is -0.146. The van der Waals surface area contributed by atoms with Crippen LogP contribution in [0.2, 0.25) is 5.02 Å². The quantitative estimate of drug-likeness (QED) is 0.191. The number of para-hydroxylation sites is 1. The van der Waals surface area contributed by atoms with Gasteiger partial charge in [0.15, 0.2) is 0 Å². The Morgan fingerprint density at radius 3 is 2.56 bits per heavy atom. The Kier molecular flexibility index (Phi) is 8.93. The number of rotatable bonds is 11. The second kappa shape index (κ2) is 12.8. The molecule has 0 aliphatic carbocycles. The highest BCUT2D eigenvalue weighted by atomic mass is 35.5. The number of hydrogen-bond acceptors (Lipinski definition) is 8. The van der Waals surface area contributed by atoms with E-state index in [0.29, 0.717) is 39.2 Å². The van der Waals surface area contributed by atoms with Crippen molar-refractivity contribution >= 4 is 51.5 Å². The minimum atomic E-state index is -1.26. The minimum Gasteiger partial charge on any atom is -0.497 e. The zero-order valence-electron chi connectivity index (χ0n) is 24.2. The smallest absolute Gasteiger partial charge is 0.250 e. The van der Waals surface area contributed by atoms with E-state index in [2.05, 4.69) is 15.6 Å². The van der Waals surface area contributed by atoms with Gasteiger partial charge in [0.25, 0.3) is 0 Å². The van der Waals surface area contributed by atoms with E-state index in [9.17, 15) is 9.59 Å². The second-order valence-corrected chi connectivity index (χ2v) is 11.4. The first kappa shape index (κ1) is 30.0. The summed E-state index contributed by atoms with van der Waals surface area (Å²) in [5, 5.41) is 14.6. The van der Waals surface area contributed by atoms with Gasteiger partial charge in [-0.15, -0.1) is 16.4 Å². The predicted octanol–water partition coefficient (Wildman–Crippen LogP) is 6.06. The number of benzene rings is 3. The van der Waals surface area contributed by atoms with Gasteiger partial charge in [0.2, 0.25) is 11.8 Å². The van der Waals surface area contributed by atoms with Crippen molar-refractivity contribution in [3.8, 4) is 22.8 Å². The van der Waals surface area contributed by atoms with Crippen LogP contribution in [0.1, 0.15) is 25.3 Å². The summed E-state index contributed by atoms with van der Waals surface area (Å²) in [4.78, 5) is 34.5. The van der Waals surface area contributed by atoms with E-state index in [1.165, 1.54) is 18.4 Å². The predicted molar refractivity (Wildman–Crippen MR) is 168 cm³/mol. The van der Waals surface area contributed by atoms with E-state index in [0.717, 1.165) is 16.8 Å². The van der Waals surface area contributed by atoms with E-state index >= 15 is 0 Å². The molecule has 0 bridgehead atoms. The maximum atomic E-state index is 14.1. The Hall–Kier alpha value is -4.48. The maximum absolute atomic E-state index is 14.1. The Morgan fingerprint density at radius 1 is 1.07 bits per heavy atom. The van der Waals surface area contributed by atoms with Crippen molar-refractivity contribution in [3.05, 3.63) is 82.1 Å². The van der Waals surface area contributed by atoms with Gasteiger partial charge < -0.3 is 19.7 Å². The first-order valence-electron chi connectivity index (χ1n) is 13.6. The summed E-state index contributed by atoms with van der Waals surface area (Å²) in [6.45, 7) is 3.63. The van der Waals surface area contributed by atoms with Crippen LogP contribution in [0.5, 0.6) is 11.5 Å². The monoisotopic (exact) mass is 618 g/mol. The standard InChI is InChI=1S/C31H31ClN6O4S/c1-5-31(2,30(40)34-24-15-14-22(41-3)16-27(24)42-4)37(29(39)18-38-26-9-7-6-8-23(26)35-36-38)17-28-33-25(19-43-28)20-10-12-21(32)13-11-20/h6-16,19H,5,17-18H2,1-4H3,(H,34,40). The van der Waals surface area contributed by atoms with Crippen LogP contribution in [0.25, 0.3) is 22.3 Å². The molecule has 222 valence electrons. The van der Waals surface area contributed by atoms with Gasteiger partial charge in [-0.25, -0.2) is 9.67 Å². The third-order valence-electron chi connectivity index (χ3n) is 7.42. The lowest BCUT2D eigenvalue weighted by atomic mass is 9.94. The van der Waals surface area contributed by atoms with Crippen LogP contribution in [-0.2, 0) is 22.7 Å². The van der Waals surface area contributed by atoms with E-state index in [-0.39, 0.29) is 24.9 Å². The van der Waals surface area contributed by atoms with Crippen LogP contribution in [0.15, 0.2) is 72.1 Å². The molecule has 0 fully saturated rings. The van der Waals surface area contributed by atoms with Crippen LogP contribution in [0.4, 0.5) is 5.69 Å². The van der Waals surface area contributed by atoms with Crippen LogP contribution in [-0.4, -0.2) is 56.5 Å². The average Bonchev–Trinajstić information content (AvgIpc) is 3.67. The van der Waals surface area contributed by atoms with Crippen molar-refractivity contribution in [2.75, 3.05) is 19.5 Å². The molecule has 43 heavy (non-hydrogen) atoms. The number of anilines is 1. The van der Waals surface area contributed by atoms with Crippen LogP contribution >= 0.6 is 22.9 Å². The first-order chi connectivity index (χ1) is 20.7. The van der Waals surface area contributed by atoms with Gasteiger partial charge in [0.05, 0.1) is 37.7 Å². The second-order valence-electron chi connectivity index (χ2n) is 10.00. The molecule has 2 aromatic heterocycles. The molecule has 2 heterocycles. The number of amides is 2. The van der Waals surface area contributed by atoms with Crippen LogP contribution in [0, 0.1) is 0 Å². The molecule has 0 spiro atoms. The fraction of sp³-hybridized carbons (Fsp3) is 0.258. The zero-order chi connectivity index (χ0) is 30.6. The summed E-state index contributed by atoms with van der Waals surface area (Å²) in [6.07, 6.45) is 0.330. The largest absolute Gasteiger partial charge is 0.497 e. The summed E-state index contributed by atoms with van der Waals surface area (Å²) >= 11 is 7.48. The van der Waals surface area contributed by atoms with Gasteiger partial charge in [-0.3, -0.25) is 9.59 Å². The van der Waals surface area contributed by atoms with Crippen molar-refractivity contribution in [1.82, 2.24) is 24.9 Å². The van der Waals surface area contributed by atoms with Crippen LogP contribution < -0.4 is 14.8 Å². The molecule has 1 N–H and O–H groups in total. The fourth-order valence-electron chi connectivity index (χ4n) is 4.69. The first-order valence-corrected chi connectivity index (χ1v) is 14.8. The van der Waals surface area contributed by atoms with Crippen molar-refractivity contribution in [2.24, 2.45) is 0 Å². The number of ether oxygens (including phenoxy) is 2. The Labute approximate surface area is 258 Å². The number of carbonyl (C=O) groups excluding carboxylic acids is 2. The minimum absolute atomic E-state index is 0.106. The normalized spacial score (nSPS) is 12.5. The summed E-state index contributed by atoms with van der Waals surface area (Å²) in [7, 11) is 3.07. The lowest BCUT2D eigenvalue weighted by Crippen LogP contribution is -2.57. The summed E-state index contributed by atoms with van der Waals surface area (Å²) in [5.74, 6) is 0.348. The Morgan fingerprint density at radius 2 is 1.84 bits per heavy atom. The molecule has 5 rings (SSSR count). The Balaban J connectivity index is 1.48. The molecular weight excluding hydrogens is 588 g/mol. The molecule has 0 aliphatic heterocycles. The number of hydrogen-bond donors (Lipinski definition) is 1. The fourth-order valence-corrected chi connectivity index (χ4v) is 5.61. The molecule has 1 atom stereocenters. The van der Waals surface area contributed by atoms with Gasteiger partial charge in [0, 0.05) is 22.0 Å². The van der Waals surface area contributed by atoms with Gasteiger partial charge in [-0.1, -0.05) is 48.0 Å². The third-order valence-corrected chi connectivity index (χ3v) is 8.51. The number of nitrogens with one attached hydrogen (secondary N) is 1. The number of thiazole rings is 1. The maximum Gasteiger partial charge on any atom is 0.250 e. The van der Waals surface area contributed by atoms with Gasteiger partial charge in [-0.2, -0.15) is 0 Å². The van der Waals surface area contributed by atoms with Gasteiger partial charge in [0.1, 0.15) is 34.1 Å². The number of fused-ring (bicyclic) bond motifs is 1. The number of carbonyl (C=O) groups is 2. The van der Waals surface area contributed by atoms with Crippen molar-refractivity contribution < 1.29 is 19.1 Å². The molecule has 0 saturated carbocycles. The molecule has 2 amide bonds. The summed E-state index contributed by atoms with van der Waals surface area (Å²) < 4.78 is 12.3. The third kappa shape index (κ3) is 6.32. The van der Waals surface area contributed by atoms with E-state index in [1.54, 1.807) is 53.9 Å². The van der Waals surface area contributed by atoms with Crippen molar-refractivity contribution in [3.63, 3.8) is 0 Å². The highest BCUT2D eigenvalue weighted by Gasteiger charge is 2.42. The van der Waals surface area contributed by atoms with Crippen LogP contribution in [0.3, 0.4) is 0 Å². The summed E-state index contributed by atoms with van der Waals surface area (Å²) in [5.41, 5.74) is 2.27. The molecule has 5 aromatic rings. The molecule has 0 aliphatic rings. The topological polar surface area (TPSA) is 111 Å². The molecule has 0 saturated heterocycles. The van der Waals surface area contributed by atoms with E-state index in [4.69, 9.17) is 26.1 Å². The van der Waals surface area contributed by atoms with Gasteiger partial charge in [-0.05, 0) is 49.7 Å². The number of methoxy groups -OCH3 is 2. The van der Waals surface area contributed by atoms with Gasteiger partial charge >= 0.3 is 0 Å². The molecule has 3 aromatic carbocycles. The van der Waals surface area contributed by atoms with E-state index < -0.39 is 5.54 Å². The van der Waals surface area contributed by atoms with Crippen molar-refractivity contribution in [2.45, 2.75) is 38.9 Å². The highest BCUT2D eigenvalue weighted by molar-refractivity contribution is 7.09.